The summed E-state index contributed by atoms with van der Waals surface area (Å²) in [5.74, 6) is 1.07. The van der Waals surface area contributed by atoms with Crippen LogP contribution in [0.25, 0.3) is 11.1 Å². The van der Waals surface area contributed by atoms with Crippen molar-refractivity contribution >= 4 is 5.97 Å². The highest BCUT2D eigenvalue weighted by Gasteiger charge is 2.19. The molecule has 3 nitrogen and oxygen atoms in total. The molecule has 0 bridgehead atoms. The van der Waals surface area contributed by atoms with E-state index in [1.807, 2.05) is 18.2 Å². The van der Waals surface area contributed by atoms with Crippen LogP contribution in [-0.4, -0.2) is 12.6 Å². The number of hydrogen-bond donors (Lipinski definition) is 0. The molecular weight excluding hydrogens is 384 g/mol. The van der Waals surface area contributed by atoms with Gasteiger partial charge in [-0.25, -0.2) is 4.79 Å². The fraction of sp³-hybridized carbons (Fsp3) is 0.250. The van der Waals surface area contributed by atoms with Crippen LogP contribution in [0.4, 0.5) is 0 Å². The molecule has 0 fully saturated rings. The molecule has 0 aliphatic heterocycles. The Morgan fingerprint density at radius 1 is 0.903 bits per heavy atom. The van der Waals surface area contributed by atoms with E-state index in [0.717, 1.165) is 31.6 Å². The lowest BCUT2D eigenvalue weighted by Gasteiger charge is -2.08. The van der Waals surface area contributed by atoms with Crippen LogP contribution < -0.4 is 9.47 Å². The summed E-state index contributed by atoms with van der Waals surface area (Å²) < 4.78 is 11.1. The summed E-state index contributed by atoms with van der Waals surface area (Å²) in [5.41, 5.74) is 7.54. The van der Waals surface area contributed by atoms with Gasteiger partial charge in [0.25, 0.3) is 0 Å². The highest BCUT2D eigenvalue weighted by atomic mass is 16.5. The molecule has 1 aliphatic rings. The van der Waals surface area contributed by atoms with E-state index in [-0.39, 0.29) is 0 Å². The number of ether oxygens (including phenoxy) is 2. The van der Waals surface area contributed by atoms with Crippen LogP contribution in [0, 0.1) is 0 Å². The van der Waals surface area contributed by atoms with Crippen molar-refractivity contribution in [2.24, 2.45) is 0 Å². The normalized spacial score (nSPS) is 11.5. The van der Waals surface area contributed by atoms with Gasteiger partial charge in [0, 0.05) is 6.08 Å². The number of carbonyl (C=O) groups is 1. The molecule has 158 valence electrons. The molecule has 0 heterocycles. The Labute approximate surface area is 184 Å². The molecule has 0 aromatic heterocycles. The van der Waals surface area contributed by atoms with E-state index >= 15 is 0 Å². The van der Waals surface area contributed by atoms with Crippen LogP contribution in [0.15, 0.2) is 73.3 Å². The Morgan fingerprint density at radius 3 is 2.32 bits per heavy atom. The largest absolute Gasteiger partial charge is 0.494 e. The molecule has 0 saturated heterocycles. The monoisotopic (exact) mass is 412 g/mol. The fourth-order valence-electron chi connectivity index (χ4n) is 4.05. The van der Waals surface area contributed by atoms with E-state index in [4.69, 9.17) is 9.47 Å². The van der Waals surface area contributed by atoms with Gasteiger partial charge in [-0.2, -0.15) is 0 Å². The maximum Gasteiger partial charge on any atom is 0.335 e. The standard InChI is InChI=1S/C28H28O3/c1-3-5-6-15-30-24-10-7-20(8-11-24)16-21-9-13-26-22(17-21)18-23-19-25(12-14-27(23)26)31-28(29)4-2/h4,7-14,17,19H,2-3,5-6,15-16,18H2,1H3. The molecule has 0 radical (unpaired) electrons. The van der Waals surface area contributed by atoms with E-state index < -0.39 is 5.97 Å². The average molecular weight is 413 g/mol. The molecule has 0 spiro atoms. The van der Waals surface area contributed by atoms with Gasteiger partial charge in [-0.05, 0) is 76.9 Å². The van der Waals surface area contributed by atoms with Crippen LogP contribution in [0.2, 0.25) is 0 Å². The first kappa shape index (κ1) is 20.9. The van der Waals surface area contributed by atoms with Crippen LogP contribution in [0.5, 0.6) is 11.5 Å². The Hall–Kier alpha value is -3.33. The Morgan fingerprint density at radius 2 is 1.58 bits per heavy atom. The molecule has 0 N–H and O–H groups in total. The summed E-state index contributed by atoms with van der Waals surface area (Å²) >= 11 is 0. The van der Waals surface area contributed by atoms with Crippen LogP contribution >= 0.6 is 0 Å². The van der Waals surface area contributed by atoms with Gasteiger partial charge in [0.1, 0.15) is 11.5 Å². The zero-order valence-electron chi connectivity index (χ0n) is 18.0. The Bertz CT molecular complexity index is 1080. The van der Waals surface area contributed by atoms with Crippen LogP contribution in [-0.2, 0) is 17.6 Å². The van der Waals surface area contributed by atoms with Crippen molar-refractivity contribution in [3.63, 3.8) is 0 Å². The zero-order valence-corrected chi connectivity index (χ0v) is 18.0. The first-order chi connectivity index (χ1) is 15.2. The number of unbranched alkanes of at least 4 members (excludes halogenated alkanes) is 2. The summed E-state index contributed by atoms with van der Waals surface area (Å²) in [6.07, 6.45) is 6.44. The number of hydrogen-bond acceptors (Lipinski definition) is 3. The van der Waals surface area contributed by atoms with Crippen LogP contribution in [0.1, 0.15) is 48.4 Å². The topological polar surface area (TPSA) is 35.5 Å². The van der Waals surface area contributed by atoms with E-state index in [2.05, 4.69) is 56.0 Å². The van der Waals surface area contributed by atoms with Crippen molar-refractivity contribution in [3.8, 4) is 22.6 Å². The van der Waals surface area contributed by atoms with Crippen LogP contribution in [0.3, 0.4) is 0 Å². The summed E-state index contributed by atoms with van der Waals surface area (Å²) in [5, 5.41) is 0. The number of esters is 1. The van der Waals surface area contributed by atoms with Crippen molar-refractivity contribution in [2.45, 2.75) is 39.0 Å². The summed E-state index contributed by atoms with van der Waals surface area (Å²) in [4.78, 5) is 11.5. The lowest BCUT2D eigenvalue weighted by Crippen LogP contribution is -2.03. The first-order valence-electron chi connectivity index (χ1n) is 11.0. The van der Waals surface area contributed by atoms with E-state index in [9.17, 15) is 4.79 Å². The molecule has 3 aromatic carbocycles. The molecule has 0 unspecified atom stereocenters. The zero-order chi connectivity index (χ0) is 21.6. The first-order valence-corrected chi connectivity index (χ1v) is 11.0. The van der Waals surface area contributed by atoms with Gasteiger partial charge in [0.2, 0.25) is 0 Å². The van der Waals surface area contributed by atoms with Crippen molar-refractivity contribution < 1.29 is 14.3 Å². The highest BCUT2D eigenvalue weighted by Crippen LogP contribution is 2.39. The number of fused-ring (bicyclic) bond motifs is 3. The quantitative estimate of drug-likeness (QED) is 0.136. The molecule has 31 heavy (non-hydrogen) atoms. The summed E-state index contributed by atoms with van der Waals surface area (Å²) in [6, 6.07) is 21.0. The third-order valence-corrected chi connectivity index (χ3v) is 5.65. The number of benzene rings is 3. The predicted molar refractivity (Wildman–Crippen MR) is 125 cm³/mol. The van der Waals surface area contributed by atoms with Gasteiger partial charge in [0.15, 0.2) is 0 Å². The molecule has 0 saturated carbocycles. The average Bonchev–Trinajstić information content (AvgIpc) is 3.14. The SMILES string of the molecule is C=CC(=O)Oc1ccc2c(c1)Cc1cc(Cc3ccc(OCCCCC)cc3)ccc1-2. The summed E-state index contributed by atoms with van der Waals surface area (Å²) in [6.45, 7) is 6.43. The third kappa shape index (κ3) is 5.05. The lowest BCUT2D eigenvalue weighted by molar-refractivity contribution is -0.128. The molecule has 3 aromatic rings. The van der Waals surface area contributed by atoms with Gasteiger partial charge < -0.3 is 9.47 Å². The lowest BCUT2D eigenvalue weighted by atomic mass is 9.99. The van der Waals surface area contributed by atoms with Gasteiger partial charge in [-0.15, -0.1) is 0 Å². The van der Waals surface area contributed by atoms with Gasteiger partial charge in [0.05, 0.1) is 6.61 Å². The molecule has 3 heteroatoms. The molecule has 4 rings (SSSR count). The predicted octanol–water partition coefficient (Wildman–Crippen LogP) is 6.51. The van der Waals surface area contributed by atoms with Crippen molar-refractivity contribution in [2.75, 3.05) is 6.61 Å². The molecule has 0 atom stereocenters. The van der Waals surface area contributed by atoms with Gasteiger partial charge in [-0.3, -0.25) is 0 Å². The Balaban J connectivity index is 1.42. The van der Waals surface area contributed by atoms with Gasteiger partial charge in [-0.1, -0.05) is 62.7 Å². The second kappa shape index (κ2) is 9.65. The maximum absolute atomic E-state index is 11.5. The van der Waals surface area contributed by atoms with Crippen molar-refractivity contribution in [1.29, 1.82) is 0 Å². The smallest absolute Gasteiger partial charge is 0.335 e. The molecule has 1 aliphatic carbocycles. The molecule has 0 amide bonds. The highest BCUT2D eigenvalue weighted by molar-refractivity contribution is 5.84. The van der Waals surface area contributed by atoms with Crippen molar-refractivity contribution in [1.82, 2.24) is 0 Å². The minimum absolute atomic E-state index is 0.435. The van der Waals surface area contributed by atoms with Crippen molar-refractivity contribution in [3.05, 3.63) is 95.6 Å². The second-order valence-corrected chi connectivity index (χ2v) is 7.99. The van der Waals surface area contributed by atoms with E-state index in [1.165, 1.54) is 52.3 Å². The van der Waals surface area contributed by atoms with E-state index in [0.29, 0.717) is 5.75 Å². The van der Waals surface area contributed by atoms with E-state index in [1.54, 1.807) is 0 Å². The molecular formula is C28H28O3. The minimum atomic E-state index is -0.435. The minimum Gasteiger partial charge on any atom is -0.494 e. The van der Waals surface area contributed by atoms with Gasteiger partial charge >= 0.3 is 5.97 Å². The fourth-order valence-corrected chi connectivity index (χ4v) is 4.05. The Kier molecular flexibility index (Phi) is 6.51. The maximum atomic E-state index is 11.5. The summed E-state index contributed by atoms with van der Waals surface area (Å²) in [7, 11) is 0. The number of rotatable bonds is 9. The second-order valence-electron chi connectivity index (χ2n) is 7.99. The third-order valence-electron chi connectivity index (χ3n) is 5.65. The number of carbonyl (C=O) groups excluding carboxylic acids is 1.